The van der Waals surface area contributed by atoms with E-state index in [1.54, 1.807) is 30.0 Å². The van der Waals surface area contributed by atoms with E-state index in [0.29, 0.717) is 0 Å². The van der Waals surface area contributed by atoms with Gasteiger partial charge in [-0.05, 0) is 24.3 Å². The summed E-state index contributed by atoms with van der Waals surface area (Å²) < 4.78 is 0. The number of non-ortho nitro benzene ring substituents is 1. The quantitative estimate of drug-likeness (QED) is 0.552. The van der Waals surface area contributed by atoms with Crippen LogP contribution in [0.25, 0.3) is 0 Å². The molecule has 0 spiro atoms. The molecule has 0 aliphatic heterocycles. The SMILES string of the molecule is CSCc1cc([N+](=O)[O-])ccc1C. The van der Waals surface area contributed by atoms with Crippen molar-refractivity contribution in [2.75, 3.05) is 6.26 Å². The summed E-state index contributed by atoms with van der Waals surface area (Å²) in [4.78, 5) is 10.1. The van der Waals surface area contributed by atoms with Gasteiger partial charge in [0.25, 0.3) is 5.69 Å². The van der Waals surface area contributed by atoms with Crippen molar-refractivity contribution in [3.63, 3.8) is 0 Å². The summed E-state index contributed by atoms with van der Waals surface area (Å²) in [5.74, 6) is 0.827. The van der Waals surface area contributed by atoms with Crippen molar-refractivity contribution in [2.45, 2.75) is 12.7 Å². The highest BCUT2D eigenvalue weighted by Crippen LogP contribution is 2.20. The number of hydrogen-bond donors (Lipinski definition) is 0. The van der Waals surface area contributed by atoms with E-state index in [1.165, 1.54) is 0 Å². The van der Waals surface area contributed by atoms with Crippen LogP contribution in [-0.4, -0.2) is 11.2 Å². The Morgan fingerprint density at radius 1 is 1.54 bits per heavy atom. The maximum atomic E-state index is 10.5. The van der Waals surface area contributed by atoms with Gasteiger partial charge in [-0.2, -0.15) is 11.8 Å². The molecule has 0 saturated heterocycles. The Balaban J connectivity index is 3.03. The van der Waals surface area contributed by atoms with Gasteiger partial charge in [-0.1, -0.05) is 6.07 Å². The highest BCUT2D eigenvalue weighted by Gasteiger charge is 2.07. The lowest BCUT2D eigenvalue weighted by Gasteiger charge is -2.02. The number of aryl methyl sites for hydroxylation is 1. The van der Waals surface area contributed by atoms with Crippen LogP contribution in [0.3, 0.4) is 0 Å². The van der Waals surface area contributed by atoms with Gasteiger partial charge >= 0.3 is 0 Å². The minimum atomic E-state index is -0.358. The molecule has 0 amide bonds. The van der Waals surface area contributed by atoms with Gasteiger partial charge in [-0.15, -0.1) is 0 Å². The van der Waals surface area contributed by atoms with E-state index in [2.05, 4.69) is 0 Å². The zero-order chi connectivity index (χ0) is 9.84. The third-order valence-corrected chi connectivity index (χ3v) is 2.44. The minimum Gasteiger partial charge on any atom is -0.258 e. The van der Waals surface area contributed by atoms with Gasteiger partial charge in [-0.25, -0.2) is 0 Å². The highest BCUT2D eigenvalue weighted by atomic mass is 32.2. The van der Waals surface area contributed by atoms with Crippen LogP contribution in [-0.2, 0) is 5.75 Å². The summed E-state index contributed by atoms with van der Waals surface area (Å²) >= 11 is 1.67. The van der Waals surface area contributed by atoms with Gasteiger partial charge in [0, 0.05) is 17.9 Å². The summed E-state index contributed by atoms with van der Waals surface area (Å²) in [6.07, 6.45) is 1.98. The van der Waals surface area contributed by atoms with E-state index in [0.717, 1.165) is 16.9 Å². The van der Waals surface area contributed by atoms with E-state index in [1.807, 2.05) is 13.2 Å². The summed E-state index contributed by atoms with van der Waals surface area (Å²) in [7, 11) is 0. The van der Waals surface area contributed by atoms with Gasteiger partial charge in [-0.3, -0.25) is 10.1 Å². The summed E-state index contributed by atoms with van der Waals surface area (Å²) in [6.45, 7) is 1.97. The molecule has 0 N–H and O–H groups in total. The fourth-order valence-corrected chi connectivity index (χ4v) is 1.70. The topological polar surface area (TPSA) is 43.1 Å². The van der Waals surface area contributed by atoms with E-state index >= 15 is 0 Å². The molecule has 0 bridgehead atoms. The molecule has 0 unspecified atom stereocenters. The molecule has 0 aliphatic carbocycles. The molecule has 0 fully saturated rings. The lowest BCUT2D eigenvalue weighted by Crippen LogP contribution is -1.92. The van der Waals surface area contributed by atoms with Gasteiger partial charge in [0.15, 0.2) is 0 Å². The fraction of sp³-hybridized carbons (Fsp3) is 0.333. The van der Waals surface area contributed by atoms with Crippen molar-refractivity contribution in [3.05, 3.63) is 39.4 Å². The van der Waals surface area contributed by atoms with Crippen LogP contribution in [0.4, 0.5) is 5.69 Å². The van der Waals surface area contributed by atoms with E-state index in [-0.39, 0.29) is 10.6 Å². The summed E-state index contributed by atoms with van der Waals surface area (Å²) in [5, 5.41) is 10.5. The molecule has 0 aromatic heterocycles. The fourth-order valence-electron chi connectivity index (χ4n) is 1.08. The van der Waals surface area contributed by atoms with Crippen molar-refractivity contribution < 1.29 is 4.92 Å². The molecule has 0 aliphatic rings. The van der Waals surface area contributed by atoms with Crippen LogP contribution < -0.4 is 0 Å². The molecule has 0 heterocycles. The largest absolute Gasteiger partial charge is 0.269 e. The van der Waals surface area contributed by atoms with Gasteiger partial charge < -0.3 is 0 Å². The van der Waals surface area contributed by atoms with Crippen LogP contribution in [0, 0.1) is 17.0 Å². The number of rotatable bonds is 3. The normalized spacial score (nSPS) is 10.0. The molecule has 4 heteroatoms. The zero-order valence-corrected chi connectivity index (χ0v) is 8.43. The van der Waals surface area contributed by atoms with Crippen LogP contribution in [0.2, 0.25) is 0 Å². The molecule has 13 heavy (non-hydrogen) atoms. The van der Waals surface area contributed by atoms with Crippen molar-refractivity contribution in [1.29, 1.82) is 0 Å². The Kier molecular flexibility index (Phi) is 3.31. The predicted octanol–water partition coefficient (Wildman–Crippen LogP) is 2.77. The second kappa shape index (κ2) is 4.28. The van der Waals surface area contributed by atoms with Gasteiger partial charge in [0.05, 0.1) is 4.92 Å². The van der Waals surface area contributed by atoms with Crippen molar-refractivity contribution >= 4 is 17.4 Å². The highest BCUT2D eigenvalue weighted by molar-refractivity contribution is 7.97. The molecule has 1 rings (SSSR count). The van der Waals surface area contributed by atoms with E-state index in [9.17, 15) is 10.1 Å². The Labute approximate surface area is 81.3 Å². The van der Waals surface area contributed by atoms with Crippen LogP contribution in [0.15, 0.2) is 18.2 Å². The van der Waals surface area contributed by atoms with Crippen LogP contribution in [0.1, 0.15) is 11.1 Å². The number of benzene rings is 1. The molecule has 70 valence electrons. The maximum absolute atomic E-state index is 10.5. The molecule has 0 saturated carbocycles. The molecule has 0 atom stereocenters. The monoisotopic (exact) mass is 197 g/mol. The van der Waals surface area contributed by atoms with E-state index < -0.39 is 0 Å². The molecular formula is C9H11NO2S. The first kappa shape index (κ1) is 10.1. The Morgan fingerprint density at radius 3 is 2.77 bits per heavy atom. The van der Waals surface area contributed by atoms with Crippen LogP contribution >= 0.6 is 11.8 Å². The molecule has 1 aromatic rings. The van der Waals surface area contributed by atoms with Gasteiger partial charge in [0.1, 0.15) is 0 Å². The van der Waals surface area contributed by atoms with Crippen LogP contribution in [0.5, 0.6) is 0 Å². The summed E-state index contributed by atoms with van der Waals surface area (Å²) in [5.41, 5.74) is 2.33. The average molecular weight is 197 g/mol. The first-order chi connectivity index (χ1) is 6.15. The zero-order valence-electron chi connectivity index (χ0n) is 7.61. The lowest BCUT2D eigenvalue weighted by molar-refractivity contribution is -0.384. The van der Waals surface area contributed by atoms with Crippen molar-refractivity contribution in [3.8, 4) is 0 Å². The first-order valence-corrected chi connectivity index (χ1v) is 5.27. The number of thioether (sulfide) groups is 1. The second-order valence-corrected chi connectivity index (χ2v) is 3.67. The first-order valence-electron chi connectivity index (χ1n) is 3.88. The number of nitrogens with zero attached hydrogens (tertiary/aromatic N) is 1. The average Bonchev–Trinajstić information content (AvgIpc) is 2.08. The van der Waals surface area contributed by atoms with E-state index in [4.69, 9.17) is 0 Å². The lowest BCUT2D eigenvalue weighted by atomic mass is 10.1. The van der Waals surface area contributed by atoms with Crippen molar-refractivity contribution in [1.82, 2.24) is 0 Å². The Bertz CT molecular complexity index is 325. The third-order valence-electron chi connectivity index (χ3n) is 1.84. The van der Waals surface area contributed by atoms with Crippen molar-refractivity contribution in [2.24, 2.45) is 0 Å². The Hall–Kier alpha value is -1.03. The Morgan fingerprint density at radius 2 is 2.23 bits per heavy atom. The molecule has 3 nitrogen and oxygen atoms in total. The molecule has 0 radical (unpaired) electrons. The molecular weight excluding hydrogens is 186 g/mol. The number of hydrogen-bond acceptors (Lipinski definition) is 3. The maximum Gasteiger partial charge on any atom is 0.269 e. The second-order valence-electron chi connectivity index (χ2n) is 2.80. The number of nitro groups is 1. The van der Waals surface area contributed by atoms with Gasteiger partial charge in [0.2, 0.25) is 0 Å². The number of nitro benzene ring substituents is 1. The smallest absolute Gasteiger partial charge is 0.258 e. The minimum absolute atomic E-state index is 0.176. The standard InChI is InChI=1S/C9H11NO2S/c1-7-3-4-9(10(11)12)5-8(7)6-13-2/h3-5H,6H2,1-2H3. The third kappa shape index (κ3) is 2.45. The molecule has 1 aromatic carbocycles. The summed E-state index contributed by atoms with van der Waals surface area (Å²) in [6, 6.07) is 4.98. The predicted molar refractivity (Wildman–Crippen MR) is 55.1 cm³/mol.